The van der Waals surface area contributed by atoms with E-state index in [1.54, 1.807) is 48.5 Å². The van der Waals surface area contributed by atoms with Gasteiger partial charge in [0.1, 0.15) is 60.2 Å². The van der Waals surface area contributed by atoms with Gasteiger partial charge in [-0.05, 0) is 58.7 Å². The lowest BCUT2D eigenvalue weighted by Crippen LogP contribution is -2.36. The van der Waals surface area contributed by atoms with Crippen LogP contribution in [0, 0.1) is 22.7 Å². The van der Waals surface area contributed by atoms with Crippen LogP contribution in [0.4, 0.5) is 0 Å². The number of nitriles is 2. The third-order valence-electron chi connectivity index (χ3n) is 8.04. The van der Waals surface area contributed by atoms with Crippen molar-refractivity contribution in [3.63, 3.8) is 0 Å². The standard InChI is InChI=1S/C40H32N2O8/c41-21-31(19-27-11-15-33(16-12-27)45-23-29-7-3-1-4-8-29)39(43)49-35-25-47-38-36(26-48-37(35)38)50-40(44)32(22-42)20-28-13-17-34(18-14-28)46-24-30-9-5-2-6-10-30/h1-20,35-38H,23-26H2/b31-19+,32-20+/t35-,36+,37-,38-/m1/s1. The molecule has 2 heterocycles. The number of hydrogen-bond donors (Lipinski definition) is 0. The van der Waals surface area contributed by atoms with Crippen LogP contribution in [0.25, 0.3) is 12.2 Å². The molecule has 10 nitrogen and oxygen atoms in total. The molecule has 0 aromatic heterocycles. The molecule has 0 amide bonds. The van der Waals surface area contributed by atoms with Gasteiger partial charge in [0.25, 0.3) is 0 Å². The number of benzene rings is 4. The number of ether oxygens (including phenoxy) is 6. The van der Waals surface area contributed by atoms with Crippen molar-refractivity contribution in [3.8, 4) is 23.6 Å². The summed E-state index contributed by atoms with van der Waals surface area (Å²) >= 11 is 0. The van der Waals surface area contributed by atoms with Gasteiger partial charge in [0, 0.05) is 0 Å². The van der Waals surface area contributed by atoms with Gasteiger partial charge < -0.3 is 28.4 Å². The average Bonchev–Trinajstić information content (AvgIpc) is 3.75. The Balaban J connectivity index is 0.998. The predicted octanol–water partition coefficient (Wildman–Crippen LogP) is 5.98. The van der Waals surface area contributed by atoms with E-state index in [1.165, 1.54) is 12.2 Å². The van der Waals surface area contributed by atoms with Crippen molar-refractivity contribution >= 4 is 24.1 Å². The topological polar surface area (TPSA) is 137 Å². The van der Waals surface area contributed by atoms with Crippen molar-refractivity contribution in [1.82, 2.24) is 0 Å². The highest BCUT2D eigenvalue weighted by Gasteiger charge is 2.51. The van der Waals surface area contributed by atoms with E-state index in [0.29, 0.717) is 35.8 Å². The van der Waals surface area contributed by atoms with Crippen LogP contribution in [0.2, 0.25) is 0 Å². The number of esters is 2. The maximum Gasteiger partial charge on any atom is 0.349 e. The van der Waals surface area contributed by atoms with Gasteiger partial charge in [-0.1, -0.05) is 84.9 Å². The van der Waals surface area contributed by atoms with Gasteiger partial charge >= 0.3 is 11.9 Å². The van der Waals surface area contributed by atoms with Crippen molar-refractivity contribution in [2.45, 2.75) is 37.6 Å². The molecule has 0 radical (unpaired) electrons. The molecule has 0 bridgehead atoms. The Hall–Kier alpha value is -6.20. The minimum atomic E-state index is -0.832. The minimum absolute atomic E-state index is 0.0130. The number of rotatable bonds is 12. The van der Waals surface area contributed by atoms with Crippen LogP contribution in [-0.2, 0) is 41.8 Å². The summed E-state index contributed by atoms with van der Waals surface area (Å²) < 4.78 is 34.4. The largest absolute Gasteiger partial charge is 0.489 e. The SMILES string of the molecule is N#C/C(=C\c1ccc(OCc2ccccc2)cc1)C(=O)O[C@H]1CO[C@H]2[C@@H]1OC[C@H]2OC(=O)/C(C#N)=C/c1ccc(OCc2ccccc2)cc1. The van der Waals surface area contributed by atoms with E-state index in [1.807, 2.05) is 72.8 Å². The highest BCUT2D eigenvalue weighted by atomic mass is 16.7. The van der Waals surface area contributed by atoms with Gasteiger partial charge in [-0.3, -0.25) is 0 Å². The molecule has 2 saturated heterocycles. The van der Waals surface area contributed by atoms with Gasteiger partial charge in [-0.2, -0.15) is 10.5 Å². The van der Waals surface area contributed by atoms with Gasteiger partial charge in [-0.15, -0.1) is 0 Å². The molecule has 0 N–H and O–H groups in total. The van der Waals surface area contributed by atoms with Gasteiger partial charge in [0.05, 0.1) is 13.2 Å². The summed E-state index contributed by atoms with van der Waals surface area (Å²) in [7, 11) is 0. The summed E-state index contributed by atoms with van der Waals surface area (Å²) in [6.45, 7) is 0.800. The second kappa shape index (κ2) is 16.3. The summed E-state index contributed by atoms with van der Waals surface area (Å²) in [5, 5.41) is 19.4. The summed E-state index contributed by atoms with van der Waals surface area (Å²) in [4.78, 5) is 25.9. The van der Waals surface area contributed by atoms with Gasteiger partial charge in [0.15, 0.2) is 12.2 Å². The molecule has 250 valence electrons. The first-order valence-corrected chi connectivity index (χ1v) is 15.9. The van der Waals surface area contributed by atoms with Crippen LogP contribution >= 0.6 is 0 Å². The molecular formula is C40H32N2O8. The number of carbonyl (C=O) groups excluding carboxylic acids is 2. The lowest BCUT2D eigenvalue weighted by molar-refractivity contribution is -0.149. The normalized spacial score (nSPS) is 19.8. The molecule has 4 aromatic rings. The van der Waals surface area contributed by atoms with E-state index in [2.05, 4.69) is 0 Å². The molecule has 0 aliphatic carbocycles. The van der Waals surface area contributed by atoms with E-state index in [9.17, 15) is 20.1 Å². The van der Waals surface area contributed by atoms with E-state index in [0.717, 1.165) is 11.1 Å². The number of nitrogens with zero attached hydrogens (tertiary/aromatic N) is 2. The Kier molecular flexibility index (Phi) is 11.0. The summed E-state index contributed by atoms with van der Waals surface area (Å²) in [5.74, 6) is -0.375. The summed E-state index contributed by atoms with van der Waals surface area (Å²) in [6.07, 6.45) is -0.216. The molecular weight excluding hydrogens is 636 g/mol. The predicted molar refractivity (Wildman–Crippen MR) is 181 cm³/mol. The number of carbonyl (C=O) groups is 2. The van der Waals surface area contributed by atoms with Crippen molar-refractivity contribution in [2.24, 2.45) is 0 Å². The van der Waals surface area contributed by atoms with E-state index < -0.39 is 36.4 Å². The van der Waals surface area contributed by atoms with Crippen LogP contribution < -0.4 is 9.47 Å². The quantitative estimate of drug-likeness (QED) is 0.101. The second-order valence-corrected chi connectivity index (χ2v) is 11.5. The van der Waals surface area contributed by atoms with E-state index in [4.69, 9.17) is 28.4 Å². The smallest absolute Gasteiger partial charge is 0.349 e. The fourth-order valence-corrected chi connectivity index (χ4v) is 5.44. The maximum absolute atomic E-state index is 12.9. The molecule has 2 aliphatic rings. The Labute approximate surface area is 289 Å². The van der Waals surface area contributed by atoms with E-state index >= 15 is 0 Å². The van der Waals surface area contributed by atoms with E-state index in [-0.39, 0.29) is 24.4 Å². The molecule has 4 aromatic carbocycles. The van der Waals surface area contributed by atoms with Crippen molar-refractivity contribution in [1.29, 1.82) is 10.5 Å². The molecule has 0 unspecified atom stereocenters. The van der Waals surface area contributed by atoms with Crippen LogP contribution in [0.5, 0.6) is 11.5 Å². The Morgan fingerprint density at radius 1 is 0.600 bits per heavy atom. The van der Waals surface area contributed by atoms with Crippen molar-refractivity contribution in [3.05, 3.63) is 143 Å². The molecule has 2 aliphatic heterocycles. The van der Waals surface area contributed by atoms with Gasteiger partial charge in [0.2, 0.25) is 0 Å². The van der Waals surface area contributed by atoms with Crippen molar-refractivity contribution in [2.75, 3.05) is 13.2 Å². The lowest BCUT2D eigenvalue weighted by atomic mass is 10.1. The van der Waals surface area contributed by atoms with Crippen LogP contribution in [0.15, 0.2) is 120 Å². The maximum atomic E-state index is 12.9. The zero-order valence-corrected chi connectivity index (χ0v) is 26.8. The lowest BCUT2D eigenvalue weighted by Gasteiger charge is -2.17. The monoisotopic (exact) mass is 668 g/mol. The highest BCUT2D eigenvalue weighted by Crippen LogP contribution is 2.32. The van der Waals surface area contributed by atoms with Crippen LogP contribution in [0.3, 0.4) is 0 Å². The fourth-order valence-electron chi connectivity index (χ4n) is 5.44. The third kappa shape index (κ3) is 8.63. The number of hydrogen-bond acceptors (Lipinski definition) is 10. The fraction of sp³-hybridized carbons (Fsp3) is 0.200. The highest BCUT2D eigenvalue weighted by molar-refractivity contribution is 5.98. The third-order valence-corrected chi connectivity index (χ3v) is 8.04. The second-order valence-electron chi connectivity index (χ2n) is 11.5. The minimum Gasteiger partial charge on any atom is -0.489 e. The molecule has 2 fully saturated rings. The van der Waals surface area contributed by atoms with Gasteiger partial charge in [-0.25, -0.2) is 9.59 Å². The molecule has 0 saturated carbocycles. The first-order chi connectivity index (χ1) is 24.5. The molecule has 4 atom stereocenters. The Bertz CT molecular complexity index is 1790. The molecule has 6 rings (SSSR count). The first-order valence-electron chi connectivity index (χ1n) is 15.9. The molecule has 0 spiro atoms. The summed E-state index contributed by atoms with van der Waals surface area (Å²) in [6, 6.07) is 37.3. The Morgan fingerprint density at radius 3 is 1.34 bits per heavy atom. The Morgan fingerprint density at radius 2 is 0.980 bits per heavy atom. The van der Waals surface area contributed by atoms with Crippen molar-refractivity contribution < 1.29 is 38.0 Å². The first kappa shape index (κ1) is 33.7. The molecule has 50 heavy (non-hydrogen) atoms. The van der Waals surface area contributed by atoms with Crippen LogP contribution in [-0.4, -0.2) is 49.6 Å². The summed E-state index contributed by atoms with van der Waals surface area (Å²) in [5.41, 5.74) is 2.89. The molecule has 10 heteroatoms. The number of fused-ring (bicyclic) bond motifs is 1. The van der Waals surface area contributed by atoms with Crippen LogP contribution in [0.1, 0.15) is 22.3 Å². The zero-order chi connectivity index (χ0) is 34.7. The zero-order valence-electron chi connectivity index (χ0n) is 26.8. The average molecular weight is 669 g/mol.